The number of nitrogens with zero attached hydrogens (tertiary/aromatic N) is 3. The van der Waals surface area contributed by atoms with Gasteiger partial charge in [0.05, 0.1) is 18.7 Å². The molecule has 0 saturated carbocycles. The minimum Gasteiger partial charge on any atom is -0.496 e. The largest absolute Gasteiger partial charge is 0.496 e. The summed E-state index contributed by atoms with van der Waals surface area (Å²) in [5, 5.41) is 13.3. The number of para-hydroxylation sites is 1. The fourth-order valence-electron chi connectivity index (χ4n) is 4.38. The molecule has 0 bridgehead atoms. The van der Waals surface area contributed by atoms with E-state index < -0.39 is 6.04 Å². The number of methoxy groups -OCH3 is 1. The summed E-state index contributed by atoms with van der Waals surface area (Å²) in [5.74, 6) is 1.71. The standard InChI is InChI=1S/C32H30N4O2S/c1-23-17-19-26(20-18-23)36-30(34-35-32(36)39-22-25-13-7-4-8-14-25)28(21-24-11-5-3-6-12-24)33-31(37)27-15-9-10-16-29(27)38-2/h3-20,28H,21-22H2,1-2H3,(H,33,37). The zero-order valence-electron chi connectivity index (χ0n) is 22.0. The van der Waals surface area contributed by atoms with Crippen molar-refractivity contribution in [2.45, 2.75) is 30.3 Å². The molecule has 0 fully saturated rings. The fraction of sp³-hybridized carbons (Fsp3) is 0.156. The van der Waals surface area contributed by atoms with Crippen LogP contribution in [0.25, 0.3) is 5.69 Å². The number of benzene rings is 4. The van der Waals surface area contributed by atoms with Gasteiger partial charge in [-0.3, -0.25) is 9.36 Å². The Morgan fingerprint density at radius 3 is 2.18 bits per heavy atom. The van der Waals surface area contributed by atoms with Gasteiger partial charge in [-0.05, 0) is 48.7 Å². The van der Waals surface area contributed by atoms with Crippen molar-refractivity contribution >= 4 is 17.7 Å². The van der Waals surface area contributed by atoms with Crippen LogP contribution in [0.1, 0.15) is 38.9 Å². The van der Waals surface area contributed by atoms with Crippen LogP contribution < -0.4 is 10.1 Å². The molecule has 0 saturated heterocycles. The molecule has 7 heteroatoms. The van der Waals surface area contributed by atoms with Crippen LogP contribution in [0.5, 0.6) is 5.75 Å². The first-order valence-electron chi connectivity index (χ1n) is 12.8. The molecule has 0 radical (unpaired) electrons. The summed E-state index contributed by atoms with van der Waals surface area (Å²) < 4.78 is 7.52. The summed E-state index contributed by atoms with van der Waals surface area (Å²) in [5.41, 5.74) is 4.86. The zero-order chi connectivity index (χ0) is 27.0. The van der Waals surface area contributed by atoms with Crippen LogP contribution in [-0.2, 0) is 12.2 Å². The number of aryl methyl sites for hydroxylation is 1. The van der Waals surface area contributed by atoms with Gasteiger partial charge in [0, 0.05) is 11.4 Å². The summed E-state index contributed by atoms with van der Waals surface area (Å²) in [6, 6.07) is 35.5. The molecule has 196 valence electrons. The highest BCUT2D eigenvalue weighted by atomic mass is 32.2. The number of nitrogens with one attached hydrogen (secondary N) is 1. The van der Waals surface area contributed by atoms with E-state index >= 15 is 0 Å². The molecule has 0 aliphatic rings. The Morgan fingerprint density at radius 2 is 1.49 bits per heavy atom. The number of hydrogen-bond acceptors (Lipinski definition) is 5. The molecule has 1 N–H and O–H groups in total. The van der Waals surface area contributed by atoms with Crippen LogP contribution in [0.15, 0.2) is 114 Å². The van der Waals surface area contributed by atoms with Crippen LogP contribution in [0, 0.1) is 6.92 Å². The molecule has 4 aromatic carbocycles. The number of rotatable bonds is 10. The van der Waals surface area contributed by atoms with Gasteiger partial charge in [-0.25, -0.2) is 0 Å². The molecule has 1 unspecified atom stereocenters. The number of thioether (sulfide) groups is 1. The van der Waals surface area contributed by atoms with Crippen molar-refractivity contribution in [2.75, 3.05) is 7.11 Å². The first-order valence-corrected chi connectivity index (χ1v) is 13.8. The highest BCUT2D eigenvalue weighted by molar-refractivity contribution is 7.98. The van der Waals surface area contributed by atoms with E-state index in [-0.39, 0.29) is 5.91 Å². The van der Waals surface area contributed by atoms with E-state index in [2.05, 4.69) is 75.5 Å². The molecule has 5 rings (SSSR count). The van der Waals surface area contributed by atoms with Gasteiger partial charge in [0.2, 0.25) is 0 Å². The van der Waals surface area contributed by atoms with Crippen molar-refractivity contribution in [3.63, 3.8) is 0 Å². The van der Waals surface area contributed by atoms with Gasteiger partial charge in [-0.2, -0.15) is 0 Å². The first-order chi connectivity index (χ1) is 19.1. The van der Waals surface area contributed by atoms with Crippen molar-refractivity contribution in [2.24, 2.45) is 0 Å². The van der Waals surface area contributed by atoms with Crippen molar-refractivity contribution in [3.05, 3.63) is 137 Å². The maximum atomic E-state index is 13.6. The Balaban J connectivity index is 1.55. The lowest BCUT2D eigenvalue weighted by Gasteiger charge is -2.21. The molecule has 1 aromatic heterocycles. The predicted molar refractivity (Wildman–Crippen MR) is 155 cm³/mol. The lowest BCUT2D eigenvalue weighted by Crippen LogP contribution is -2.32. The van der Waals surface area contributed by atoms with E-state index in [0.29, 0.717) is 23.6 Å². The summed E-state index contributed by atoms with van der Waals surface area (Å²) in [4.78, 5) is 13.6. The average molecular weight is 535 g/mol. The summed E-state index contributed by atoms with van der Waals surface area (Å²) >= 11 is 1.62. The minimum absolute atomic E-state index is 0.231. The number of hydrogen-bond donors (Lipinski definition) is 1. The molecule has 0 spiro atoms. The molecule has 39 heavy (non-hydrogen) atoms. The average Bonchev–Trinajstić information content (AvgIpc) is 3.41. The Hall–Kier alpha value is -4.36. The second-order valence-electron chi connectivity index (χ2n) is 9.20. The molecular formula is C32H30N4O2S. The van der Waals surface area contributed by atoms with E-state index in [0.717, 1.165) is 27.7 Å². The topological polar surface area (TPSA) is 69.0 Å². The highest BCUT2D eigenvalue weighted by Gasteiger charge is 2.26. The Morgan fingerprint density at radius 1 is 0.846 bits per heavy atom. The minimum atomic E-state index is -0.440. The maximum Gasteiger partial charge on any atom is 0.255 e. The Kier molecular flexibility index (Phi) is 8.39. The van der Waals surface area contributed by atoms with Crippen LogP contribution in [-0.4, -0.2) is 27.8 Å². The van der Waals surface area contributed by atoms with E-state index in [1.807, 2.05) is 48.5 Å². The van der Waals surface area contributed by atoms with Crippen molar-refractivity contribution < 1.29 is 9.53 Å². The smallest absolute Gasteiger partial charge is 0.255 e. The van der Waals surface area contributed by atoms with E-state index in [1.165, 1.54) is 5.56 Å². The van der Waals surface area contributed by atoms with Gasteiger partial charge in [0.1, 0.15) is 5.75 Å². The van der Waals surface area contributed by atoms with Gasteiger partial charge in [-0.1, -0.05) is 102 Å². The third-order valence-corrected chi connectivity index (χ3v) is 7.41. The van der Waals surface area contributed by atoms with E-state index in [9.17, 15) is 4.79 Å². The van der Waals surface area contributed by atoms with Crippen LogP contribution in [0.2, 0.25) is 0 Å². The fourth-order valence-corrected chi connectivity index (χ4v) is 5.30. The lowest BCUT2D eigenvalue weighted by atomic mass is 10.0. The molecule has 6 nitrogen and oxygen atoms in total. The molecule has 5 aromatic rings. The number of carbonyl (C=O) groups excluding carboxylic acids is 1. The summed E-state index contributed by atoms with van der Waals surface area (Å²) in [6.07, 6.45) is 0.551. The highest BCUT2D eigenvalue weighted by Crippen LogP contribution is 2.30. The number of ether oxygens (including phenoxy) is 1. The summed E-state index contributed by atoms with van der Waals surface area (Å²) in [7, 11) is 1.57. The molecule has 1 heterocycles. The quantitative estimate of drug-likeness (QED) is 0.205. The van der Waals surface area contributed by atoms with Gasteiger partial charge in [-0.15, -0.1) is 10.2 Å². The predicted octanol–water partition coefficient (Wildman–Crippen LogP) is 6.59. The van der Waals surface area contributed by atoms with Crippen LogP contribution >= 0.6 is 11.8 Å². The van der Waals surface area contributed by atoms with Gasteiger partial charge in [0.15, 0.2) is 11.0 Å². The normalized spacial score (nSPS) is 11.6. The third kappa shape index (κ3) is 6.38. The van der Waals surface area contributed by atoms with Gasteiger partial charge < -0.3 is 10.1 Å². The molecule has 0 aliphatic heterocycles. The number of amides is 1. The molecule has 1 amide bonds. The van der Waals surface area contributed by atoms with E-state index in [4.69, 9.17) is 4.74 Å². The molecule has 0 aliphatic carbocycles. The van der Waals surface area contributed by atoms with Crippen LogP contribution in [0.4, 0.5) is 0 Å². The summed E-state index contributed by atoms with van der Waals surface area (Å²) in [6.45, 7) is 2.06. The SMILES string of the molecule is COc1ccccc1C(=O)NC(Cc1ccccc1)c1nnc(SCc2ccccc2)n1-c1ccc(C)cc1. The van der Waals surface area contributed by atoms with Gasteiger partial charge >= 0.3 is 0 Å². The van der Waals surface area contributed by atoms with Crippen molar-refractivity contribution in [3.8, 4) is 11.4 Å². The number of carbonyl (C=O) groups is 1. The Labute approximate surface area is 233 Å². The van der Waals surface area contributed by atoms with Crippen molar-refractivity contribution in [1.82, 2.24) is 20.1 Å². The maximum absolute atomic E-state index is 13.6. The first kappa shape index (κ1) is 26.3. The second-order valence-corrected chi connectivity index (χ2v) is 10.1. The number of aromatic nitrogens is 3. The zero-order valence-corrected chi connectivity index (χ0v) is 22.8. The molecule has 1 atom stereocenters. The van der Waals surface area contributed by atoms with Gasteiger partial charge in [0.25, 0.3) is 5.91 Å². The van der Waals surface area contributed by atoms with Crippen molar-refractivity contribution in [1.29, 1.82) is 0 Å². The third-order valence-electron chi connectivity index (χ3n) is 6.41. The monoisotopic (exact) mass is 534 g/mol. The van der Waals surface area contributed by atoms with Crippen LogP contribution in [0.3, 0.4) is 0 Å². The molecular weight excluding hydrogens is 504 g/mol. The van der Waals surface area contributed by atoms with E-state index in [1.54, 1.807) is 31.0 Å². The lowest BCUT2D eigenvalue weighted by molar-refractivity contribution is 0.0931. The second kappa shape index (κ2) is 12.5. The Bertz CT molecular complexity index is 1520.